The number of ether oxygens (including phenoxy) is 4. The number of phenols is 1. The number of benzene rings is 2. The summed E-state index contributed by atoms with van der Waals surface area (Å²) in [7, 11) is 1.45. The number of carbonyl (C=O) groups is 3. The number of phenolic OH excluding ortho intramolecular Hbond substituents is 1. The van der Waals surface area contributed by atoms with E-state index in [9.17, 15) is 34.5 Å². The second kappa shape index (κ2) is 17.3. The molecule has 0 aliphatic carbocycles. The summed E-state index contributed by atoms with van der Waals surface area (Å²) in [6.45, 7) is 16.7. The van der Waals surface area contributed by atoms with Gasteiger partial charge in [-0.25, -0.2) is 4.99 Å². The largest absolute Gasteiger partial charge is 0.505 e. The van der Waals surface area contributed by atoms with Crippen LogP contribution in [0.2, 0.25) is 0 Å². The molecule has 15 heteroatoms. The van der Waals surface area contributed by atoms with Gasteiger partial charge in [0.15, 0.2) is 11.2 Å². The Morgan fingerprint density at radius 1 is 1.05 bits per heavy atom. The number of H-pyrrole nitrogens is 1. The number of nitrogens with zero attached hydrogens (tertiary/aromatic N) is 2. The Labute approximate surface area is 353 Å². The van der Waals surface area contributed by atoms with E-state index in [1.54, 1.807) is 57.4 Å². The molecule has 61 heavy (non-hydrogen) atoms. The number of rotatable bonds is 4. The standard InChI is InChI=1S/C46H56N4O11/c1-21(2)47-20-29-15-17-50-31(19-29)48-35-32-33-40(54)27(8)43-34(32)44(56)46(10,61-43)59-18-16-30(58-11)24(5)42(60-28(9)51)26(7)39(53)25(6)38(52)22(3)13-12-14-23(4)45(57)49-36(37(35)50)41(33)55/h12-22,24-26,30,38-39,42,47-48,52-53,55H,1-11H3/b13-12+,18-16+,23-14-,29-20+,49-36?/t22-,24+,25+,26+,30-,38-,39+,42+,46-/m0/s1. The summed E-state index contributed by atoms with van der Waals surface area (Å²) in [5.41, 5.74) is 0.500. The number of carbonyl (C=O) groups excluding carboxylic acids is 3. The molecule has 15 nitrogen and oxygen atoms in total. The Morgan fingerprint density at radius 2 is 1.75 bits per heavy atom. The maximum atomic E-state index is 14.7. The number of fused-ring (bicyclic) bond motifs is 2. The summed E-state index contributed by atoms with van der Waals surface area (Å²) in [6, 6.07) is 3.81. The number of amides is 1. The lowest BCUT2D eigenvalue weighted by Gasteiger charge is -2.38. The van der Waals surface area contributed by atoms with Gasteiger partial charge in [0.05, 0.1) is 41.0 Å². The monoisotopic (exact) mass is 840 g/mol. The SMILES string of the molecule is CO[C@H]1/C=C/O[C@@]2(C)Oc3c(C)c(=O)c4c(O)c(c5c([nH]c6c/c(=C/NC(C)C)ccn65)c4c3C2=O)=NC(=O)/C(C)=C\C=C\[C@H](C)[C@H](O)[C@@H](C)[C@@H](O)[C@@H](C)[C@H](OC(C)=O)[C@@H]1C. The first-order chi connectivity index (χ1) is 28.7. The van der Waals surface area contributed by atoms with Gasteiger partial charge in [0.1, 0.15) is 28.4 Å². The predicted molar refractivity (Wildman–Crippen MR) is 229 cm³/mol. The molecule has 0 spiro atoms. The predicted octanol–water partition coefficient (Wildman–Crippen LogP) is 4.38. The Balaban J connectivity index is 1.64. The van der Waals surface area contributed by atoms with Crippen molar-refractivity contribution < 1.29 is 48.7 Å². The number of ketones is 1. The number of Topliss-reactive ketones (excluding diaryl/α,β-unsaturated/α-hetero) is 1. The average molecular weight is 841 g/mol. The summed E-state index contributed by atoms with van der Waals surface area (Å²) in [5, 5.41) is 38.7. The number of aromatic nitrogens is 2. The van der Waals surface area contributed by atoms with E-state index in [2.05, 4.69) is 15.3 Å². The van der Waals surface area contributed by atoms with Crippen molar-refractivity contribution in [2.24, 2.45) is 28.7 Å². The molecule has 9 atom stereocenters. The van der Waals surface area contributed by atoms with Gasteiger partial charge >= 0.3 is 11.8 Å². The first-order valence-corrected chi connectivity index (χ1v) is 20.5. The third kappa shape index (κ3) is 8.21. The van der Waals surface area contributed by atoms with E-state index in [0.717, 1.165) is 5.22 Å². The lowest BCUT2D eigenvalue weighted by atomic mass is 9.78. The number of aliphatic hydroxyl groups is 2. The van der Waals surface area contributed by atoms with Crippen LogP contribution in [0.15, 0.2) is 64.3 Å². The quantitative estimate of drug-likeness (QED) is 0.181. The lowest BCUT2D eigenvalue weighted by molar-refractivity contribution is -0.160. The van der Waals surface area contributed by atoms with Crippen LogP contribution in [-0.4, -0.2) is 85.7 Å². The zero-order valence-corrected chi connectivity index (χ0v) is 36.4. The van der Waals surface area contributed by atoms with Crippen LogP contribution in [0.1, 0.15) is 78.2 Å². The van der Waals surface area contributed by atoms with E-state index in [1.165, 1.54) is 46.3 Å². The third-order valence-corrected chi connectivity index (χ3v) is 12.0. The zero-order valence-electron chi connectivity index (χ0n) is 36.4. The van der Waals surface area contributed by atoms with Gasteiger partial charge < -0.3 is 44.6 Å². The fourth-order valence-corrected chi connectivity index (χ4v) is 8.31. The third-order valence-electron chi connectivity index (χ3n) is 12.0. The Hall–Kier alpha value is -5.77. The van der Waals surface area contributed by atoms with Gasteiger partial charge in [-0.2, -0.15) is 0 Å². The molecule has 2 aliphatic rings. The van der Waals surface area contributed by atoms with Gasteiger partial charge in [-0.05, 0) is 51.1 Å². The van der Waals surface area contributed by atoms with Gasteiger partial charge in [-0.1, -0.05) is 45.9 Å². The molecular weight excluding hydrogens is 785 g/mol. The van der Waals surface area contributed by atoms with E-state index in [1.807, 2.05) is 32.2 Å². The highest BCUT2D eigenvalue weighted by atomic mass is 16.7. The second-order valence-electron chi connectivity index (χ2n) is 16.8. The number of hydrogen-bond donors (Lipinski definition) is 5. The van der Waals surface area contributed by atoms with Crippen molar-refractivity contribution in [3.8, 4) is 11.5 Å². The van der Waals surface area contributed by atoms with Crippen LogP contribution in [-0.2, 0) is 23.8 Å². The van der Waals surface area contributed by atoms with Gasteiger partial charge in [-0.15, -0.1) is 0 Å². The molecule has 2 aromatic heterocycles. The summed E-state index contributed by atoms with van der Waals surface area (Å²) in [4.78, 5) is 63.0. The fourth-order valence-electron chi connectivity index (χ4n) is 8.31. The number of pyridine rings is 1. The molecule has 2 aliphatic heterocycles. The molecule has 4 heterocycles. The number of aromatic amines is 1. The normalized spacial score (nSPS) is 30.0. The molecule has 0 radical (unpaired) electrons. The van der Waals surface area contributed by atoms with Crippen LogP contribution < -0.4 is 26.1 Å². The second-order valence-corrected chi connectivity index (χ2v) is 16.8. The number of methoxy groups -OCH3 is 1. The fraction of sp³-hybridized carbons (Fsp3) is 0.457. The number of aliphatic hydroxyl groups excluding tert-OH is 2. The van der Waals surface area contributed by atoms with Crippen LogP contribution in [0.5, 0.6) is 11.5 Å². The first kappa shape index (κ1) is 44.8. The molecule has 1 amide bonds. The number of aromatic hydroxyl groups is 1. The van der Waals surface area contributed by atoms with Gasteiger partial charge in [0, 0.05) is 79.6 Å². The lowest BCUT2D eigenvalue weighted by Crippen LogP contribution is -2.46. The number of imidazole rings is 1. The van der Waals surface area contributed by atoms with Crippen molar-refractivity contribution in [1.82, 2.24) is 14.7 Å². The van der Waals surface area contributed by atoms with E-state index < -0.39 is 82.7 Å². The smallest absolute Gasteiger partial charge is 0.312 e. The topological polar surface area (TPSA) is 210 Å². The van der Waals surface area contributed by atoms with Crippen LogP contribution >= 0.6 is 0 Å². The van der Waals surface area contributed by atoms with Gasteiger partial charge in [0.25, 0.3) is 11.7 Å². The summed E-state index contributed by atoms with van der Waals surface area (Å²) >= 11 is 0. The van der Waals surface area contributed by atoms with Crippen molar-refractivity contribution in [2.75, 3.05) is 7.11 Å². The molecular formula is C46H56N4O11. The summed E-state index contributed by atoms with van der Waals surface area (Å²) in [6.07, 6.45) is 7.29. The highest BCUT2D eigenvalue weighted by molar-refractivity contribution is 6.23. The summed E-state index contributed by atoms with van der Waals surface area (Å²) in [5.74, 6) is -7.03. The number of esters is 1. The molecule has 6 rings (SSSR count). The molecule has 5 N–H and O–H groups in total. The molecule has 4 aromatic rings. The minimum Gasteiger partial charge on any atom is -0.505 e. The van der Waals surface area contributed by atoms with Crippen molar-refractivity contribution in [3.63, 3.8) is 0 Å². The van der Waals surface area contributed by atoms with Crippen LogP contribution in [0.25, 0.3) is 33.7 Å². The Bertz CT molecular complexity index is 2690. The maximum Gasteiger partial charge on any atom is 0.312 e. The number of allylic oxidation sites excluding steroid dienone is 2. The minimum absolute atomic E-state index is 0.0166. The molecule has 0 fully saturated rings. The minimum atomic E-state index is -2.00. The van der Waals surface area contributed by atoms with Crippen LogP contribution in [0.4, 0.5) is 0 Å². The van der Waals surface area contributed by atoms with E-state index >= 15 is 0 Å². The summed E-state index contributed by atoms with van der Waals surface area (Å²) < 4.78 is 25.5. The Morgan fingerprint density at radius 3 is 2.41 bits per heavy atom. The van der Waals surface area contributed by atoms with E-state index in [4.69, 9.17) is 18.9 Å². The Kier molecular flexibility index (Phi) is 12.7. The molecule has 2 aromatic carbocycles. The molecule has 0 saturated heterocycles. The maximum absolute atomic E-state index is 14.7. The van der Waals surface area contributed by atoms with Gasteiger partial charge in [-0.3, -0.25) is 23.6 Å². The molecule has 4 bridgehead atoms. The first-order valence-electron chi connectivity index (χ1n) is 20.5. The number of nitrogens with one attached hydrogen (secondary N) is 2. The number of hydrogen-bond acceptors (Lipinski definition) is 12. The molecule has 326 valence electrons. The van der Waals surface area contributed by atoms with Crippen molar-refractivity contribution in [1.29, 1.82) is 0 Å². The average Bonchev–Trinajstić information content (AvgIpc) is 3.72. The van der Waals surface area contributed by atoms with Crippen molar-refractivity contribution in [2.45, 2.75) is 105 Å². The van der Waals surface area contributed by atoms with Gasteiger partial charge in [0.2, 0.25) is 0 Å². The van der Waals surface area contributed by atoms with Crippen LogP contribution in [0, 0.1) is 30.6 Å². The van der Waals surface area contributed by atoms with E-state index in [-0.39, 0.29) is 55.7 Å². The highest BCUT2D eigenvalue weighted by Crippen LogP contribution is 2.44. The van der Waals surface area contributed by atoms with Crippen molar-refractivity contribution >= 4 is 51.3 Å². The highest BCUT2D eigenvalue weighted by Gasteiger charge is 2.49. The molecule has 0 saturated carbocycles. The van der Waals surface area contributed by atoms with E-state index in [0.29, 0.717) is 5.65 Å². The van der Waals surface area contributed by atoms with Crippen LogP contribution in [0.3, 0.4) is 0 Å². The molecule has 0 unspecified atom stereocenters. The van der Waals surface area contributed by atoms with Crippen molar-refractivity contribution in [3.05, 3.63) is 86.4 Å². The zero-order chi connectivity index (χ0) is 44.8.